The van der Waals surface area contributed by atoms with E-state index < -0.39 is 11.8 Å². The van der Waals surface area contributed by atoms with Gasteiger partial charge in [-0.05, 0) is 12.2 Å². The Hall–Kier alpha value is -1.03. The first-order chi connectivity index (χ1) is 5.57. The zero-order valence-electron chi connectivity index (χ0n) is 6.67. The predicted molar refractivity (Wildman–Crippen MR) is 48.1 cm³/mol. The summed E-state index contributed by atoms with van der Waals surface area (Å²) >= 11 is 0.912. The van der Waals surface area contributed by atoms with Gasteiger partial charge in [0, 0.05) is 6.26 Å². The molecule has 0 bridgehead atoms. The monoisotopic (exact) mass is 188 g/mol. The molecule has 0 aliphatic rings. The minimum atomic E-state index is -0.631. The normalized spacial score (nSPS) is 9.83. The lowest BCUT2D eigenvalue weighted by Gasteiger charge is -1.96. The summed E-state index contributed by atoms with van der Waals surface area (Å²) in [4.78, 5) is 10.8. The molecule has 0 aliphatic carbocycles. The minimum Gasteiger partial charge on any atom is -0.388 e. The Kier molecular flexibility index (Phi) is 5.12. The molecule has 4 heteroatoms. The summed E-state index contributed by atoms with van der Waals surface area (Å²) < 4.78 is 16.5. The average molecular weight is 188 g/mol. The molecule has 0 saturated carbocycles. The second-order valence-corrected chi connectivity index (χ2v) is 2.34. The van der Waals surface area contributed by atoms with Crippen LogP contribution in [0, 0.1) is 0 Å². The molecule has 0 atom stereocenters. The molecule has 0 radical (unpaired) electrons. The Bertz CT molecular complexity index is 233. The molecule has 0 aromatic heterocycles. The molecule has 0 unspecified atom stereocenters. The van der Waals surface area contributed by atoms with E-state index in [0.29, 0.717) is 0 Å². The first-order valence-corrected chi connectivity index (χ1v) is 4.19. The van der Waals surface area contributed by atoms with Crippen LogP contribution >= 0.6 is 12.0 Å². The van der Waals surface area contributed by atoms with Gasteiger partial charge in [0.25, 0.3) is 0 Å². The van der Waals surface area contributed by atoms with Crippen molar-refractivity contribution in [2.24, 2.45) is 0 Å². The van der Waals surface area contributed by atoms with Crippen molar-refractivity contribution in [1.29, 1.82) is 0 Å². The zero-order chi connectivity index (χ0) is 9.56. The fourth-order valence-electron chi connectivity index (χ4n) is 0.388. The van der Waals surface area contributed by atoms with Crippen molar-refractivity contribution in [3.63, 3.8) is 0 Å². The maximum absolute atomic E-state index is 12.0. The lowest BCUT2D eigenvalue weighted by molar-refractivity contribution is -0.128. The van der Waals surface area contributed by atoms with Gasteiger partial charge in [-0.2, -0.15) is 0 Å². The summed E-state index contributed by atoms with van der Waals surface area (Å²) in [5.74, 6) is -1.21. The van der Waals surface area contributed by atoms with Crippen LogP contribution in [0.5, 0.6) is 0 Å². The fraction of sp³-hybridized carbons (Fsp3) is 0.125. The number of hydrogen-bond acceptors (Lipinski definition) is 3. The zero-order valence-corrected chi connectivity index (χ0v) is 7.49. The third kappa shape index (κ3) is 4.73. The Morgan fingerprint density at radius 3 is 2.50 bits per heavy atom. The van der Waals surface area contributed by atoms with Crippen molar-refractivity contribution in [2.45, 2.75) is 0 Å². The van der Waals surface area contributed by atoms with Crippen LogP contribution in [0.15, 0.2) is 36.7 Å². The van der Waals surface area contributed by atoms with Crippen molar-refractivity contribution in [2.75, 3.05) is 6.26 Å². The summed E-state index contributed by atoms with van der Waals surface area (Å²) in [6.45, 7) is 6.34. The summed E-state index contributed by atoms with van der Waals surface area (Å²) in [5, 5.41) is 0. The highest BCUT2D eigenvalue weighted by atomic mass is 32.2. The van der Waals surface area contributed by atoms with Crippen molar-refractivity contribution in [3.05, 3.63) is 36.7 Å². The van der Waals surface area contributed by atoms with Crippen LogP contribution in [0.2, 0.25) is 0 Å². The Balaban J connectivity index is 4.04. The van der Waals surface area contributed by atoms with Crippen LogP contribution in [0.1, 0.15) is 0 Å². The van der Waals surface area contributed by atoms with E-state index >= 15 is 0 Å². The average Bonchev–Trinajstić information content (AvgIpc) is 2.00. The first kappa shape index (κ1) is 11.0. The SMILES string of the molecule is C=C(F)/C=C\C(=C)C(=O)OSC. The number of halogens is 1. The molecule has 0 spiro atoms. The van der Waals surface area contributed by atoms with Crippen molar-refractivity contribution < 1.29 is 13.4 Å². The number of rotatable bonds is 4. The lowest BCUT2D eigenvalue weighted by Crippen LogP contribution is -1.99. The molecule has 0 amide bonds. The van der Waals surface area contributed by atoms with Gasteiger partial charge in [0.1, 0.15) is 5.83 Å². The quantitative estimate of drug-likeness (QED) is 0.385. The molecule has 12 heavy (non-hydrogen) atoms. The highest BCUT2D eigenvalue weighted by Crippen LogP contribution is 2.05. The molecule has 2 nitrogen and oxygen atoms in total. The minimum absolute atomic E-state index is 0.0862. The predicted octanol–water partition coefficient (Wildman–Crippen LogP) is 2.40. The van der Waals surface area contributed by atoms with Gasteiger partial charge in [-0.15, -0.1) is 0 Å². The number of carbonyl (C=O) groups excluding carboxylic acids is 1. The van der Waals surface area contributed by atoms with Gasteiger partial charge in [0.2, 0.25) is 0 Å². The maximum Gasteiger partial charge on any atom is 0.349 e. The third-order valence-corrected chi connectivity index (χ3v) is 1.20. The second-order valence-electron chi connectivity index (χ2n) is 1.84. The van der Waals surface area contributed by atoms with Crippen LogP contribution in [0.25, 0.3) is 0 Å². The molecular formula is C8H9FO2S. The number of hydrogen-bond donors (Lipinski definition) is 0. The second kappa shape index (κ2) is 5.60. The molecule has 0 heterocycles. The van der Waals surface area contributed by atoms with E-state index in [0.717, 1.165) is 18.1 Å². The first-order valence-electron chi connectivity index (χ1n) is 3.04. The van der Waals surface area contributed by atoms with E-state index in [1.807, 2.05) is 0 Å². The van der Waals surface area contributed by atoms with Crippen molar-refractivity contribution in [1.82, 2.24) is 0 Å². The van der Waals surface area contributed by atoms with Gasteiger partial charge in [0.15, 0.2) is 0 Å². The molecule has 0 saturated heterocycles. The Morgan fingerprint density at radius 1 is 1.50 bits per heavy atom. The van der Waals surface area contributed by atoms with E-state index in [1.165, 1.54) is 6.08 Å². The number of allylic oxidation sites excluding steroid dienone is 2. The smallest absolute Gasteiger partial charge is 0.349 e. The number of carbonyl (C=O) groups is 1. The topological polar surface area (TPSA) is 26.3 Å². The van der Waals surface area contributed by atoms with Crippen LogP contribution < -0.4 is 0 Å². The molecule has 0 aromatic rings. The van der Waals surface area contributed by atoms with E-state index in [4.69, 9.17) is 0 Å². The Labute approximate surface area is 75.0 Å². The molecular weight excluding hydrogens is 179 g/mol. The van der Waals surface area contributed by atoms with Gasteiger partial charge in [-0.1, -0.05) is 13.2 Å². The largest absolute Gasteiger partial charge is 0.388 e. The fourth-order valence-corrected chi connectivity index (χ4v) is 0.647. The lowest BCUT2D eigenvalue weighted by atomic mass is 10.3. The van der Waals surface area contributed by atoms with Gasteiger partial charge in [0.05, 0.1) is 17.6 Å². The third-order valence-electron chi connectivity index (χ3n) is 0.887. The summed E-state index contributed by atoms with van der Waals surface area (Å²) in [6.07, 6.45) is 3.85. The van der Waals surface area contributed by atoms with E-state index in [1.54, 1.807) is 6.26 Å². The van der Waals surface area contributed by atoms with Crippen LogP contribution in [-0.4, -0.2) is 12.2 Å². The van der Waals surface area contributed by atoms with Gasteiger partial charge in [-0.25, -0.2) is 9.18 Å². The van der Waals surface area contributed by atoms with Crippen LogP contribution in [0.3, 0.4) is 0 Å². The van der Waals surface area contributed by atoms with Crippen LogP contribution in [0.4, 0.5) is 4.39 Å². The standard InChI is InChI=1S/C8H9FO2S/c1-6(4-5-7(2)9)8(10)11-12-3/h4-5H,1-2H2,3H3/b5-4-. The van der Waals surface area contributed by atoms with Gasteiger partial charge in [-0.3, -0.25) is 0 Å². The van der Waals surface area contributed by atoms with E-state index in [2.05, 4.69) is 17.3 Å². The highest BCUT2D eigenvalue weighted by Gasteiger charge is 2.03. The van der Waals surface area contributed by atoms with E-state index in [9.17, 15) is 9.18 Å². The van der Waals surface area contributed by atoms with Crippen molar-refractivity contribution in [3.8, 4) is 0 Å². The molecule has 66 valence electrons. The van der Waals surface area contributed by atoms with E-state index in [-0.39, 0.29) is 5.57 Å². The summed E-state index contributed by atoms with van der Waals surface area (Å²) in [5.41, 5.74) is 0.0862. The summed E-state index contributed by atoms with van der Waals surface area (Å²) in [7, 11) is 0. The Morgan fingerprint density at radius 2 is 2.08 bits per heavy atom. The van der Waals surface area contributed by atoms with Gasteiger partial charge < -0.3 is 4.18 Å². The molecule has 0 N–H and O–H groups in total. The molecule has 0 fully saturated rings. The highest BCUT2D eigenvalue weighted by molar-refractivity contribution is 7.94. The van der Waals surface area contributed by atoms with Crippen LogP contribution in [-0.2, 0) is 8.98 Å². The summed E-state index contributed by atoms with van der Waals surface area (Å²) in [6, 6.07) is 0. The molecule has 0 aromatic carbocycles. The molecule has 0 rings (SSSR count). The van der Waals surface area contributed by atoms with Crippen molar-refractivity contribution >= 4 is 18.0 Å². The van der Waals surface area contributed by atoms with Gasteiger partial charge >= 0.3 is 5.97 Å². The maximum atomic E-state index is 12.0. The molecule has 0 aliphatic heterocycles.